The summed E-state index contributed by atoms with van der Waals surface area (Å²) in [6, 6.07) is 13.4. The summed E-state index contributed by atoms with van der Waals surface area (Å²) in [6.07, 6.45) is 4.20. The van der Waals surface area contributed by atoms with Gasteiger partial charge in [-0.05, 0) is 36.6 Å². The number of nitrogens with one attached hydrogen (secondary N) is 1. The molecule has 0 spiro atoms. The number of hydrogen-bond acceptors (Lipinski definition) is 3. The van der Waals surface area contributed by atoms with Crippen LogP contribution in [-0.2, 0) is 27.8 Å². The number of anilines is 1. The zero-order valence-electron chi connectivity index (χ0n) is 15.6. The Morgan fingerprint density at radius 2 is 1.78 bits per heavy atom. The van der Waals surface area contributed by atoms with E-state index in [1.165, 1.54) is 23.8 Å². The quantitative estimate of drug-likeness (QED) is 0.709. The maximum atomic E-state index is 13.8. The molecule has 0 aliphatic carbocycles. The average molecular weight is 392 g/mol. The summed E-state index contributed by atoms with van der Waals surface area (Å²) < 4.78 is 38.8. The Hall–Kier alpha value is -2.25. The van der Waals surface area contributed by atoms with Gasteiger partial charge in [0.05, 0.1) is 12.8 Å². The molecule has 2 aromatic carbocycles. The van der Waals surface area contributed by atoms with Crippen LogP contribution in [0.15, 0.2) is 48.5 Å². The Bertz CT molecular complexity index is 867. The minimum absolute atomic E-state index is 0.200. The molecule has 146 valence electrons. The molecule has 0 unspecified atom stereocenters. The van der Waals surface area contributed by atoms with Gasteiger partial charge in [-0.25, -0.2) is 12.8 Å². The molecule has 0 heterocycles. The van der Waals surface area contributed by atoms with E-state index in [0.717, 1.165) is 29.8 Å². The van der Waals surface area contributed by atoms with Crippen molar-refractivity contribution >= 4 is 21.6 Å². The van der Waals surface area contributed by atoms with Gasteiger partial charge in [0, 0.05) is 17.8 Å². The van der Waals surface area contributed by atoms with E-state index in [-0.39, 0.29) is 18.7 Å². The summed E-state index contributed by atoms with van der Waals surface area (Å²) in [5.41, 5.74) is 2.00. The first-order chi connectivity index (χ1) is 12.8. The molecule has 0 aliphatic rings. The van der Waals surface area contributed by atoms with Crippen LogP contribution in [0.5, 0.6) is 0 Å². The van der Waals surface area contributed by atoms with Gasteiger partial charge in [0.15, 0.2) is 0 Å². The number of unbranched alkanes of at least 4 members (excludes halogenated alkanes) is 1. The van der Waals surface area contributed by atoms with Crippen LogP contribution >= 0.6 is 0 Å². The van der Waals surface area contributed by atoms with E-state index in [0.29, 0.717) is 5.69 Å². The monoisotopic (exact) mass is 392 g/mol. The summed E-state index contributed by atoms with van der Waals surface area (Å²) in [6.45, 7) is 1.54. The number of nitrogens with zero attached hydrogens (tertiary/aromatic N) is 1. The standard InChI is InChI=1S/C20H25FN2O3S/c1-3-4-7-16-10-12-18(13-11-16)22-20(24)15-23(27(2,25)26)14-17-8-5-6-9-19(17)21/h5-6,8-13H,3-4,7,14-15H2,1-2H3,(H,22,24). The van der Waals surface area contributed by atoms with Crippen LogP contribution in [0.1, 0.15) is 30.9 Å². The molecule has 0 fully saturated rings. The van der Waals surface area contributed by atoms with Crippen molar-refractivity contribution in [2.45, 2.75) is 32.7 Å². The first-order valence-electron chi connectivity index (χ1n) is 8.87. The van der Waals surface area contributed by atoms with Gasteiger partial charge in [0.1, 0.15) is 5.82 Å². The predicted octanol–water partition coefficient (Wildman–Crippen LogP) is 3.57. The number of carbonyl (C=O) groups is 1. The molecule has 2 rings (SSSR count). The van der Waals surface area contributed by atoms with Gasteiger partial charge in [-0.2, -0.15) is 4.31 Å². The highest BCUT2D eigenvalue weighted by molar-refractivity contribution is 7.88. The Morgan fingerprint density at radius 3 is 2.37 bits per heavy atom. The zero-order valence-corrected chi connectivity index (χ0v) is 16.4. The van der Waals surface area contributed by atoms with E-state index in [1.54, 1.807) is 18.2 Å². The van der Waals surface area contributed by atoms with Crippen LogP contribution in [0.3, 0.4) is 0 Å². The van der Waals surface area contributed by atoms with Gasteiger partial charge in [-0.1, -0.05) is 43.7 Å². The van der Waals surface area contributed by atoms with Gasteiger partial charge in [-0.15, -0.1) is 0 Å². The lowest BCUT2D eigenvalue weighted by Crippen LogP contribution is -2.37. The van der Waals surface area contributed by atoms with Crippen LogP contribution in [0, 0.1) is 5.82 Å². The highest BCUT2D eigenvalue weighted by atomic mass is 32.2. The molecule has 0 aromatic heterocycles. The van der Waals surface area contributed by atoms with Gasteiger partial charge in [0.25, 0.3) is 0 Å². The number of halogens is 1. The molecule has 7 heteroatoms. The summed E-state index contributed by atoms with van der Waals surface area (Å²) in [4.78, 5) is 12.3. The number of amides is 1. The largest absolute Gasteiger partial charge is 0.325 e. The van der Waals surface area contributed by atoms with E-state index in [2.05, 4.69) is 12.2 Å². The summed E-state index contributed by atoms with van der Waals surface area (Å²) in [5, 5.41) is 2.69. The first kappa shape index (κ1) is 21.1. The fraction of sp³-hybridized carbons (Fsp3) is 0.350. The number of sulfonamides is 1. The fourth-order valence-electron chi connectivity index (χ4n) is 2.60. The van der Waals surface area contributed by atoms with Crippen LogP contribution in [0.2, 0.25) is 0 Å². The van der Waals surface area contributed by atoms with E-state index in [1.807, 2.05) is 12.1 Å². The Morgan fingerprint density at radius 1 is 1.11 bits per heavy atom. The lowest BCUT2D eigenvalue weighted by Gasteiger charge is -2.20. The molecule has 0 atom stereocenters. The highest BCUT2D eigenvalue weighted by Gasteiger charge is 2.21. The number of benzene rings is 2. The van der Waals surface area contributed by atoms with Crippen molar-refractivity contribution in [1.29, 1.82) is 0 Å². The third-order valence-electron chi connectivity index (χ3n) is 4.15. The maximum Gasteiger partial charge on any atom is 0.239 e. The molecular formula is C20H25FN2O3S. The molecule has 0 saturated carbocycles. The van der Waals surface area contributed by atoms with Crippen LogP contribution in [0.25, 0.3) is 0 Å². The maximum absolute atomic E-state index is 13.8. The van der Waals surface area contributed by atoms with E-state index in [4.69, 9.17) is 0 Å². The van der Waals surface area contributed by atoms with Gasteiger partial charge < -0.3 is 5.32 Å². The van der Waals surface area contributed by atoms with Crippen molar-refractivity contribution in [2.75, 3.05) is 18.1 Å². The van der Waals surface area contributed by atoms with Crippen molar-refractivity contribution in [3.63, 3.8) is 0 Å². The number of aryl methyl sites for hydroxylation is 1. The molecule has 1 amide bonds. The first-order valence-corrected chi connectivity index (χ1v) is 10.7. The van der Waals surface area contributed by atoms with Crippen LogP contribution in [0.4, 0.5) is 10.1 Å². The Labute approximate surface area is 160 Å². The normalized spacial score (nSPS) is 11.6. The highest BCUT2D eigenvalue weighted by Crippen LogP contribution is 2.14. The van der Waals surface area contributed by atoms with Gasteiger partial charge >= 0.3 is 0 Å². The summed E-state index contributed by atoms with van der Waals surface area (Å²) >= 11 is 0. The fourth-order valence-corrected chi connectivity index (χ4v) is 3.33. The van der Waals surface area contributed by atoms with E-state index >= 15 is 0 Å². The van der Waals surface area contributed by atoms with Crippen molar-refractivity contribution in [3.8, 4) is 0 Å². The second kappa shape index (κ2) is 9.62. The summed E-state index contributed by atoms with van der Waals surface area (Å²) in [5.74, 6) is -0.979. The Balaban J connectivity index is 2.02. The predicted molar refractivity (Wildman–Crippen MR) is 105 cm³/mol. The molecule has 0 aliphatic heterocycles. The molecule has 0 saturated heterocycles. The molecular weight excluding hydrogens is 367 g/mol. The van der Waals surface area contributed by atoms with Gasteiger partial charge in [0.2, 0.25) is 15.9 Å². The van der Waals surface area contributed by atoms with E-state index < -0.39 is 21.7 Å². The van der Waals surface area contributed by atoms with E-state index in [9.17, 15) is 17.6 Å². The second-order valence-corrected chi connectivity index (χ2v) is 8.45. The smallest absolute Gasteiger partial charge is 0.239 e. The van der Waals surface area contributed by atoms with Gasteiger partial charge in [-0.3, -0.25) is 4.79 Å². The van der Waals surface area contributed by atoms with Crippen LogP contribution < -0.4 is 5.32 Å². The number of rotatable bonds is 9. The third kappa shape index (κ3) is 6.77. The SMILES string of the molecule is CCCCc1ccc(NC(=O)CN(Cc2ccccc2F)S(C)(=O)=O)cc1. The molecule has 1 N–H and O–H groups in total. The zero-order chi connectivity index (χ0) is 19.9. The lowest BCUT2D eigenvalue weighted by molar-refractivity contribution is -0.116. The molecule has 0 bridgehead atoms. The molecule has 2 aromatic rings. The lowest BCUT2D eigenvalue weighted by atomic mass is 10.1. The molecule has 5 nitrogen and oxygen atoms in total. The number of carbonyl (C=O) groups excluding carboxylic acids is 1. The Kier molecular flexibility index (Phi) is 7.50. The minimum atomic E-state index is -3.68. The summed E-state index contributed by atoms with van der Waals surface area (Å²) in [7, 11) is -3.68. The topological polar surface area (TPSA) is 66.5 Å². The van der Waals surface area contributed by atoms with Crippen molar-refractivity contribution in [2.24, 2.45) is 0 Å². The van der Waals surface area contributed by atoms with Crippen molar-refractivity contribution in [1.82, 2.24) is 4.31 Å². The molecule has 0 radical (unpaired) electrons. The van der Waals surface area contributed by atoms with Crippen molar-refractivity contribution in [3.05, 3.63) is 65.5 Å². The second-order valence-electron chi connectivity index (χ2n) is 6.47. The number of hydrogen-bond donors (Lipinski definition) is 1. The van der Waals surface area contributed by atoms with Crippen molar-refractivity contribution < 1.29 is 17.6 Å². The third-order valence-corrected chi connectivity index (χ3v) is 5.35. The van der Waals surface area contributed by atoms with Crippen LogP contribution in [-0.4, -0.2) is 31.4 Å². The molecule has 27 heavy (non-hydrogen) atoms. The minimum Gasteiger partial charge on any atom is -0.325 e. The average Bonchev–Trinajstić information content (AvgIpc) is 2.61.